The van der Waals surface area contributed by atoms with Crippen molar-refractivity contribution in [1.29, 1.82) is 0 Å². The maximum atomic E-state index is 13.4. The molecule has 0 fully saturated rings. The van der Waals surface area contributed by atoms with Gasteiger partial charge in [-0.15, -0.1) is 0 Å². The van der Waals surface area contributed by atoms with Crippen LogP contribution in [-0.2, 0) is 14.3 Å². The molecule has 0 saturated heterocycles. The summed E-state index contributed by atoms with van der Waals surface area (Å²) in [5, 5.41) is 2.75. The molecule has 3 amide bonds. The number of benzene rings is 3. The largest absolute Gasteiger partial charge is 0.443 e. The number of amides is 3. The number of anilines is 5. The van der Waals surface area contributed by atoms with E-state index in [1.54, 1.807) is 76.2 Å². The zero-order valence-electron chi connectivity index (χ0n) is 24.1. The van der Waals surface area contributed by atoms with E-state index in [1.807, 2.05) is 51.1 Å². The Bertz CT molecular complexity index is 1350. The van der Waals surface area contributed by atoms with Gasteiger partial charge in [-0.3, -0.25) is 4.79 Å². The highest BCUT2D eigenvalue weighted by atomic mass is 16.6. The smallest absolute Gasteiger partial charge is 0.419 e. The van der Waals surface area contributed by atoms with Gasteiger partial charge < -0.3 is 14.8 Å². The fourth-order valence-electron chi connectivity index (χ4n) is 3.59. The molecule has 0 radical (unpaired) electrons. The van der Waals surface area contributed by atoms with Crippen LogP contribution in [-0.4, -0.2) is 29.3 Å². The minimum absolute atomic E-state index is 0.291. The Hall–Kier alpha value is -4.59. The summed E-state index contributed by atoms with van der Waals surface area (Å²) in [7, 11) is 0. The van der Waals surface area contributed by atoms with Crippen molar-refractivity contribution in [2.45, 2.75) is 59.7 Å². The van der Waals surface area contributed by atoms with Crippen LogP contribution in [0.15, 0.2) is 91.0 Å². The molecule has 1 N–H and O–H groups in total. The minimum Gasteiger partial charge on any atom is -0.443 e. The van der Waals surface area contributed by atoms with Gasteiger partial charge >= 0.3 is 12.2 Å². The quantitative estimate of drug-likeness (QED) is 0.316. The Kier molecular flexibility index (Phi) is 9.04. The molecule has 0 atom stereocenters. The van der Waals surface area contributed by atoms with Crippen LogP contribution in [0.1, 0.15) is 48.5 Å². The minimum atomic E-state index is -0.731. The number of carbonyl (C=O) groups is 3. The lowest BCUT2D eigenvalue weighted by Crippen LogP contribution is -2.34. The SMILES string of the molecule is C=C(C)C(=O)Nc1ccc(N(C(=O)OC(C)(C)C)c2ccc(N(C(=O)OC(C)(C)C)c3ccccc3)cc2)cc1. The van der Waals surface area contributed by atoms with Crippen molar-refractivity contribution in [2.24, 2.45) is 0 Å². The van der Waals surface area contributed by atoms with E-state index in [1.165, 1.54) is 9.80 Å². The highest BCUT2D eigenvalue weighted by Crippen LogP contribution is 2.33. The molecular formula is C32H37N3O5. The summed E-state index contributed by atoms with van der Waals surface area (Å²) >= 11 is 0. The number of rotatable bonds is 6. The third kappa shape index (κ3) is 8.20. The van der Waals surface area contributed by atoms with Gasteiger partial charge in [0.1, 0.15) is 11.2 Å². The molecule has 3 aromatic rings. The van der Waals surface area contributed by atoms with Gasteiger partial charge in [0.2, 0.25) is 0 Å². The second-order valence-corrected chi connectivity index (χ2v) is 11.3. The molecule has 0 aliphatic heterocycles. The molecule has 210 valence electrons. The highest BCUT2D eigenvalue weighted by molar-refractivity contribution is 6.03. The molecule has 8 nitrogen and oxygen atoms in total. The van der Waals surface area contributed by atoms with Crippen molar-refractivity contribution in [1.82, 2.24) is 0 Å². The van der Waals surface area contributed by atoms with E-state index < -0.39 is 23.4 Å². The summed E-state index contributed by atoms with van der Waals surface area (Å²) < 4.78 is 11.4. The number of ether oxygens (including phenoxy) is 2. The van der Waals surface area contributed by atoms with Crippen LogP contribution in [0, 0.1) is 0 Å². The van der Waals surface area contributed by atoms with E-state index in [4.69, 9.17) is 9.47 Å². The van der Waals surface area contributed by atoms with Crippen LogP contribution < -0.4 is 15.1 Å². The summed E-state index contributed by atoms with van der Waals surface area (Å²) in [6.07, 6.45) is -1.10. The number of hydrogen-bond acceptors (Lipinski definition) is 5. The van der Waals surface area contributed by atoms with Gasteiger partial charge in [-0.05, 0) is 109 Å². The lowest BCUT2D eigenvalue weighted by molar-refractivity contribution is -0.112. The van der Waals surface area contributed by atoms with Crippen LogP contribution in [0.4, 0.5) is 38.0 Å². The van der Waals surface area contributed by atoms with Crippen molar-refractivity contribution >= 4 is 46.5 Å². The highest BCUT2D eigenvalue weighted by Gasteiger charge is 2.27. The van der Waals surface area contributed by atoms with Crippen LogP contribution >= 0.6 is 0 Å². The number of nitrogens with one attached hydrogen (secondary N) is 1. The summed E-state index contributed by atoms with van der Waals surface area (Å²) in [6, 6.07) is 22.9. The normalized spacial score (nSPS) is 11.3. The first-order valence-electron chi connectivity index (χ1n) is 12.9. The molecule has 0 aliphatic rings. The van der Waals surface area contributed by atoms with E-state index >= 15 is 0 Å². The standard InChI is InChI=1S/C32H37N3O5/c1-22(2)28(36)33-23-14-16-25(17-15-23)35(30(38)40-32(6,7)8)27-20-18-26(19-21-27)34(24-12-10-9-11-13-24)29(37)39-31(3,4)5/h9-21H,1H2,2-8H3,(H,33,36). The van der Waals surface area contributed by atoms with Gasteiger partial charge in [0, 0.05) is 11.3 Å². The average Bonchev–Trinajstić information content (AvgIpc) is 2.85. The van der Waals surface area contributed by atoms with Gasteiger partial charge in [-0.1, -0.05) is 24.8 Å². The molecule has 8 heteroatoms. The first-order valence-corrected chi connectivity index (χ1v) is 12.9. The molecule has 0 unspecified atom stereocenters. The third-order valence-electron chi connectivity index (χ3n) is 5.30. The topological polar surface area (TPSA) is 88.2 Å². The molecule has 3 aromatic carbocycles. The summed E-state index contributed by atoms with van der Waals surface area (Å²) in [5.74, 6) is -0.291. The summed E-state index contributed by atoms with van der Waals surface area (Å²) in [4.78, 5) is 41.5. The lowest BCUT2D eigenvalue weighted by atomic mass is 10.2. The van der Waals surface area contributed by atoms with Crippen molar-refractivity contribution in [3.63, 3.8) is 0 Å². The molecule has 0 saturated carbocycles. The second-order valence-electron chi connectivity index (χ2n) is 11.3. The fourth-order valence-corrected chi connectivity index (χ4v) is 3.59. The van der Waals surface area contributed by atoms with E-state index in [0.29, 0.717) is 34.0 Å². The van der Waals surface area contributed by atoms with Gasteiger partial charge in [0.05, 0.1) is 22.7 Å². The predicted octanol–water partition coefficient (Wildman–Crippen LogP) is 8.35. The number of nitrogens with zero attached hydrogens (tertiary/aromatic N) is 2. The lowest BCUT2D eigenvalue weighted by Gasteiger charge is -2.29. The number of hydrogen-bond donors (Lipinski definition) is 1. The van der Waals surface area contributed by atoms with Crippen molar-refractivity contribution in [3.8, 4) is 0 Å². The molecule has 40 heavy (non-hydrogen) atoms. The Balaban J connectivity index is 2.00. The Morgan fingerprint density at radius 3 is 1.32 bits per heavy atom. The van der Waals surface area contributed by atoms with Gasteiger partial charge in [0.25, 0.3) is 5.91 Å². The van der Waals surface area contributed by atoms with E-state index in [-0.39, 0.29) is 5.91 Å². The molecular weight excluding hydrogens is 506 g/mol. The van der Waals surface area contributed by atoms with Crippen molar-refractivity contribution in [2.75, 3.05) is 15.1 Å². The van der Waals surface area contributed by atoms with Crippen LogP contribution in [0.2, 0.25) is 0 Å². The van der Waals surface area contributed by atoms with Gasteiger partial charge in [-0.2, -0.15) is 0 Å². The van der Waals surface area contributed by atoms with Gasteiger partial charge in [0.15, 0.2) is 0 Å². The number of para-hydroxylation sites is 1. The molecule has 0 aliphatic carbocycles. The van der Waals surface area contributed by atoms with Crippen LogP contribution in [0.3, 0.4) is 0 Å². The Morgan fingerprint density at radius 1 is 0.625 bits per heavy atom. The predicted molar refractivity (Wildman–Crippen MR) is 160 cm³/mol. The zero-order chi connectivity index (χ0) is 29.7. The van der Waals surface area contributed by atoms with E-state index in [9.17, 15) is 14.4 Å². The van der Waals surface area contributed by atoms with Crippen LogP contribution in [0.25, 0.3) is 0 Å². The monoisotopic (exact) mass is 543 g/mol. The molecule has 0 bridgehead atoms. The molecule has 0 spiro atoms. The molecule has 3 rings (SSSR count). The summed E-state index contributed by atoms with van der Waals surface area (Å²) in [6.45, 7) is 16.1. The van der Waals surface area contributed by atoms with E-state index in [0.717, 1.165) is 0 Å². The van der Waals surface area contributed by atoms with Crippen molar-refractivity contribution in [3.05, 3.63) is 91.0 Å². The maximum Gasteiger partial charge on any atom is 0.419 e. The Morgan fingerprint density at radius 2 is 0.975 bits per heavy atom. The fraction of sp³-hybridized carbons (Fsp3) is 0.281. The van der Waals surface area contributed by atoms with E-state index in [2.05, 4.69) is 11.9 Å². The number of carbonyl (C=O) groups excluding carboxylic acids is 3. The first kappa shape index (κ1) is 30.0. The second kappa shape index (κ2) is 12.1. The average molecular weight is 544 g/mol. The maximum absolute atomic E-state index is 13.4. The first-order chi connectivity index (χ1) is 18.6. The third-order valence-corrected chi connectivity index (χ3v) is 5.30. The zero-order valence-corrected chi connectivity index (χ0v) is 24.1. The van der Waals surface area contributed by atoms with Gasteiger partial charge in [-0.25, -0.2) is 19.4 Å². The van der Waals surface area contributed by atoms with Crippen molar-refractivity contribution < 1.29 is 23.9 Å². The van der Waals surface area contributed by atoms with Crippen LogP contribution in [0.5, 0.6) is 0 Å². The summed E-state index contributed by atoms with van der Waals surface area (Å²) in [5.41, 5.74) is 1.78. The molecule has 0 heterocycles. The molecule has 0 aromatic heterocycles. The Labute approximate surface area is 236 Å².